The standard InChI is InChI=1S/C19H23N3O/c1-14-7-8-16(13-15(14)2)19(23)22-11-9-21(10-12-22)18-6-4-3-5-17(18)20/h3-8,13H,9-12,20H2,1-2H3. The third-order valence-corrected chi connectivity index (χ3v) is 4.60. The molecule has 0 unspecified atom stereocenters. The van der Waals surface area contributed by atoms with Gasteiger partial charge in [-0.25, -0.2) is 0 Å². The Morgan fingerprint density at radius 1 is 0.957 bits per heavy atom. The fourth-order valence-corrected chi connectivity index (χ4v) is 2.98. The molecule has 0 saturated carbocycles. The second kappa shape index (κ2) is 6.32. The lowest BCUT2D eigenvalue weighted by molar-refractivity contribution is 0.0747. The van der Waals surface area contributed by atoms with Gasteiger partial charge in [0.15, 0.2) is 0 Å². The maximum Gasteiger partial charge on any atom is 0.253 e. The zero-order valence-corrected chi connectivity index (χ0v) is 13.7. The van der Waals surface area contributed by atoms with Crippen molar-refractivity contribution in [3.8, 4) is 0 Å². The van der Waals surface area contributed by atoms with Crippen molar-refractivity contribution in [1.82, 2.24) is 4.90 Å². The number of nitrogen functional groups attached to an aromatic ring is 1. The van der Waals surface area contributed by atoms with Gasteiger partial charge >= 0.3 is 0 Å². The summed E-state index contributed by atoms with van der Waals surface area (Å²) in [6.45, 7) is 7.17. The number of rotatable bonds is 2. The SMILES string of the molecule is Cc1ccc(C(=O)N2CCN(c3ccccc3N)CC2)cc1C. The first-order valence-corrected chi connectivity index (χ1v) is 8.02. The quantitative estimate of drug-likeness (QED) is 0.868. The monoisotopic (exact) mass is 309 g/mol. The fraction of sp³-hybridized carbons (Fsp3) is 0.316. The average Bonchev–Trinajstić information content (AvgIpc) is 2.57. The van der Waals surface area contributed by atoms with Crippen LogP contribution in [0.1, 0.15) is 21.5 Å². The number of nitrogens with two attached hydrogens (primary N) is 1. The molecule has 2 aromatic rings. The van der Waals surface area contributed by atoms with Crippen molar-refractivity contribution in [2.45, 2.75) is 13.8 Å². The number of carbonyl (C=O) groups excluding carboxylic acids is 1. The van der Waals surface area contributed by atoms with Gasteiger partial charge in [0.05, 0.1) is 11.4 Å². The van der Waals surface area contributed by atoms with Crippen LogP contribution in [0.4, 0.5) is 11.4 Å². The number of anilines is 2. The van der Waals surface area contributed by atoms with Gasteiger partial charge in [0.1, 0.15) is 0 Å². The number of hydrogen-bond acceptors (Lipinski definition) is 3. The molecule has 3 rings (SSSR count). The van der Waals surface area contributed by atoms with Crippen molar-refractivity contribution in [1.29, 1.82) is 0 Å². The van der Waals surface area contributed by atoms with Crippen LogP contribution < -0.4 is 10.6 Å². The van der Waals surface area contributed by atoms with Crippen molar-refractivity contribution >= 4 is 17.3 Å². The highest BCUT2D eigenvalue weighted by Gasteiger charge is 2.23. The van der Waals surface area contributed by atoms with E-state index < -0.39 is 0 Å². The summed E-state index contributed by atoms with van der Waals surface area (Å²) in [5, 5.41) is 0. The molecule has 0 aliphatic carbocycles. The molecule has 1 amide bonds. The smallest absolute Gasteiger partial charge is 0.253 e. The number of piperazine rings is 1. The molecule has 0 spiro atoms. The molecule has 1 aliphatic rings. The van der Waals surface area contributed by atoms with E-state index in [1.165, 1.54) is 5.56 Å². The molecule has 1 heterocycles. The molecular formula is C19H23N3O. The molecule has 4 heteroatoms. The minimum Gasteiger partial charge on any atom is -0.397 e. The Labute approximate surface area is 137 Å². The molecule has 1 fully saturated rings. The Morgan fingerprint density at radius 3 is 2.30 bits per heavy atom. The Morgan fingerprint density at radius 2 is 1.65 bits per heavy atom. The molecule has 0 radical (unpaired) electrons. The highest BCUT2D eigenvalue weighted by Crippen LogP contribution is 2.24. The predicted molar refractivity (Wildman–Crippen MR) is 94.9 cm³/mol. The van der Waals surface area contributed by atoms with E-state index in [1.54, 1.807) is 0 Å². The number of benzene rings is 2. The second-order valence-corrected chi connectivity index (χ2v) is 6.14. The summed E-state index contributed by atoms with van der Waals surface area (Å²) >= 11 is 0. The summed E-state index contributed by atoms with van der Waals surface area (Å²) in [4.78, 5) is 16.8. The van der Waals surface area contributed by atoms with Crippen LogP contribution in [-0.2, 0) is 0 Å². The maximum atomic E-state index is 12.7. The van der Waals surface area contributed by atoms with Crippen molar-refractivity contribution in [2.75, 3.05) is 36.8 Å². The zero-order valence-electron chi connectivity index (χ0n) is 13.7. The van der Waals surface area contributed by atoms with Gasteiger partial charge in [-0.05, 0) is 49.2 Å². The summed E-state index contributed by atoms with van der Waals surface area (Å²) in [6, 6.07) is 13.8. The van der Waals surface area contributed by atoms with E-state index in [0.29, 0.717) is 0 Å². The Bertz CT molecular complexity index is 718. The Kier molecular flexibility index (Phi) is 4.24. The predicted octanol–water partition coefficient (Wildman–Crippen LogP) is 2.85. The molecule has 23 heavy (non-hydrogen) atoms. The molecule has 0 bridgehead atoms. The van der Waals surface area contributed by atoms with E-state index in [2.05, 4.69) is 11.8 Å². The van der Waals surface area contributed by atoms with Crippen LogP contribution in [0.3, 0.4) is 0 Å². The number of para-hydroxylation sites is 2. The van der Waals surface area contributed by atoms with Crippen molar-refractivity contribution in [2.24, 2.45) is 0 Å². The van der Waals surface area contributed by atoms with Crippen LogP contribution in [0.2, 0.25) is 0 Å². The van der Waals surface area contributed by atoms with Gasteiger partial charge in [-0.3, -0.25) is 4.79 Å². The molecule has 1 saturated heterocycles. The Balaban J connectivity index is 1.68. The summed E-state index contributed by atoms with van der Waals surface area (Å²) in [5.41, 5.74) is 11.1. The normalized spacial score (nSPS) is 14.9. The lowest BCUT2D eigenvalue weighted by Gasteiger charge is -2.36. The highest BCUT2D eigenvalue weighted by atomic mass is 16.2. The third kappa shape index (κ3) is 3.16. The Hall–Kier alpha value is -2.49. The van der Waals surface area contributed by atoms with Crippen molar-refractivity contribution in [3.63, 3.8) is 0 Å². The average molecular weight is 309 g/mol. The first-order chi connectivity index (χ1) is 11.1. The lowest BCUT2D eigenvalue weighted by atomic mass is 10.1. The minimum atomic E-state index is 0.119. The number of carbonyl (C=O) groups is 1. The van der Waals surface area contributed by atoms with Crippen LogP contribution in [0.15, 0.2) is 42.5 Å². The number of hydrogen-bond donors (Lipinski definition) is 1. The van der Waals surface area contributed by atoms with Crippen LogP contribution in [0, 0.1) is 13.8 Å². The first kappa shape index (κ1) is 15.4. The van der Waals surface area contributed by atoms with E-state index in [4.69, 9.17) is 5.73 Å². The third-order valence-electron chi connectivity index (χ3n) is 4.60. The molecule has 120 valence electrons. The van der Waals surface area contributed by atoms with Crippen LogP contribution in [0.25, 0.3) is 0 Å². The van der Waals surface area contributed by atoms with Crippen molar-refractivity contribution in [3.05, 3.63) is 59.2 Å². The highest BCUT2D eigenvalue weighted by molar-refractivity contribution is 5.94. The topological polar surface area (TPSA) is 49.6 Å². The van der Waals surface area contributed by atoms with Crippen LogP contribution in [-0.4, -0.2) is 37.0 Å². The van der Waals surface area contributed by atoms with Gasteiger partial charge in [0.25, 0.3) is 5.91 Å². The molecule has 1 aliphatic heterocycles. The number of nitrogens with zero attached hydrogens (tertiary/aromatic N) is 2. The summed E-state index contributed by atoms with van der Waals surface area (Å²) in [6.07, 6.45) is 0. The van der Waals surface area contributed by atoms with Crippen molar-refractivity contribution < 1.29 is 4.79 Å². The zero-order chi connectivity index (χ0) is 16.4. The molecule has 0 aromatic heterocycles. The number of aryl methyl sites for hydroxylation is 2. The second-order valence-electron chi connectivity index (χ2n) is 6.14. The fourth-order valence-electron chi connectivity index (χ4n) is 2.98. The van der Waals surface area contributed by atoms with Crippen LogP contribution in [0.5, 0.6) is 0 Å². The minimum absolute atomic E-state index is 0.119. The van der Waals surface area contributed by atoms with E-state index >= 15 is 0 Å². The van der Waals surface area contributed by atoms with Gasteiger partial charge in [0, 0.05) is 31.7 Å². The molecule has 4 nitrogen and oxygen atoms in total. The maximum absolute atomic E-state index is 12.7. The lowest BCUT2D eigenvalue weighted by Crippen LogP contribution is -2.49. The van der Waals surface area contributed by atoms with E-state index in [-0.39, 0.29) is 5.91 Å². The van der Waals surface area contributed by atoms with E-state index in [9.17, 15) is 4.79 Å². The molecule has 2 aromatic carbocycles. The van der Waals surface area contributed by atoms with Gasteiger partial charge in [-0.2, -0.15) is 0 Å². The van der Waals surface area contributed by atoms with Gasteiger partial charge in [-0.1, -0.05) is 18.2 Å². The summed E-state index contributed by atoms with van der Waals surface area (Å²) in [7, 11) is 0. The summed E-state index contributed by atoms with van der Waals surface area (Å²) in [5.74, 6) is 0.119. The molecule has 2 N–H and O–H groups in total. The first-order valence-electron chi connectivity index (χ1n) is 8.02. The van der Waals surface area contributed by atoms with Gasteiger partial charge in [-0.15, -0.1) is 0 Å². The summed E-state index contributed by atoms with van der Waals surface area (Å²) < 4.78 is 0. The molecular weight excluding hydrogens is 286 g/mol. The van der Waals surface area contributed by atoms with E-state index in [1.807, 2.05) is 54.3 Å². The van der Waals surface area contributed by atoms with E-state index in [0.717, 1.165) is 48.7 Å². The van der Waals surface area contributed by atoms with Crippen LogP contribution >= 0.6 is 0 Å². The van der Waals surface area contributed by atoms with Gasteiger partial charge < -0.3 is 15.5 Å². The van der Waals surface area contributed by atoms with Gasteiger partial charge in [0.2, 0.25) is 0 Å². The largest absolute Gasteiger partial charge is 0.397 e. The molecule has 0 atom stereocenters. The number of amides is 1.